The van der Waals surface area contributed by atoms with Crippen LogP contribution < -0.4 is 0 Å². The summed E-state index contributed by atoms with van der Waals surface area (Å²) >= 11 is 12.7. The van der Waals surface area contributed by atoms with Crippen LogP contribution >= 0.6 is 23.2 Å². The number of hydrogen-bond acceptors (Lipinski definition) is 3. The minimum atomic E-state index is -0.508. The Hall–Kier alpha value is -2.56. The Labute approximate surface area is 179 Å². The third-order valence-corrected chi connectivity index (χ3v) is 6.27. The van der Waals surface area contributed by atoms with E-state index >= 15 is 0 Å². The highest BCUT2D eigenvalue weighted by Gasteiger charge is 2.34. The fraction of sp³-hybridized carbons (Fsp3) is 0.217. The van der Waals surface area contributed by atoms with Crippen LogP contribution in [0.5, 0.6) is 5.75 Å². The number of hydrogen-bond donors (Lipinski definition) is 1. The van der Waals surface area contributed by atoms with Crippen LogP contribution in [0.4, 0.5) is 0 Å². The van der Waals surface area contributed by atoms with Gasteiger partial charge in [-0.1, -0.05) is 48.3 Å². The Bertz CT molecular complexity index is 1200. The van der Waals surface area contributed by atoms with Crippen molar-refractivity contribution in [3.63, 3.8) is 0 Å². The van der Waals surface area contributed by atoms with E-state index in [9.17, 15) is 5.11 Å². The molecule has 1 atom stereocenters. The Morgan fingerprint density at radius 3 is 2.38 bits per heavy atom. The Morgan fingerprint density at radius 1 is 1.07 bits per heavy atom. The van der Waals surface area contributed by atoms with E-state index in [1.54, 1.807) is 6.33 Å². The van der Waals surface area contributed by atoms with Crippen molar-refractivity contribution >= 4 is 34.1 Å². The first-order valence-electron chi connectivity index (χ1n) is 9.40. The fourth-order valence-electron chi connectivity index (χ4n) is 3.90. The van der Waals surface area contributed by atoms with Crippen LogP contribution in [0, 0.1) is 0 Å². The second-order valence-corrected chi connectivity index (χ2v) is 8.14. The summed E-state index contributed by atoms with van der Waals surface area (Å²) in [4.78, 5) is 8.90. The molecule has 4 aromatic rings. The van der Waals surface area contributed by atoms with E-state index in [1.807, 2.05) is 61.1 Å². The molecule has 0 bridgehead atoms. The predicted molar refractivity (Wildman–Crippen MR) is 118 cm³/mol. The molecule has 4 rings (SSSR count). The standard InChI is InChI=1S/C23H21Cl2N3O/c1-4-18-22(29)21(25)17-11-15(7-10-19(17)27-18)23(2,20-12-26-13-28(20)3)14-5-8-16(24)9-6-14/h5-13,29H,4H2,1-3H3. The molecule has 2 aromatic carbocycles. The number of nitrogens with zero attached hydrogens (tertiary/aromatic N) is 3. The second kappa shape index (κ2) is 7.36. The molecule has 0 aliphatic heterocycles. The van der Waals surface area contributed by atoms with Gasteiger partial charge in [-0.15, -0.1) is 0 Å². The Kier molecular flexibility index (Phi) is 5.01. The van der Waals surface area contributed by atoms with Crippen molar-refractivity contribution in [2.45, 2.75) is 25.7 Å². The summed E-state index contributed by atoms with van der Waals surface area (Å²) < 4.78 is 2.01. The summed E-state index contributed by atoms with van der Waals surface area (Å²) in [5.41, 5.74) is 3.97. The van der Waals surface area contributed by atoms with Crippen LogP contribution in [0.15, 0.2) is 55.0 Å². The van der Waals surface area contributed by atoms with E-state index in [2.05, 4.69) is 23.0 Å². The average Bonchev–Trinajstić information content (AvgIpc) is 3.16. The number of benzene rings is 2. The van der Waals surface area contributed by atoms with Gasteiger partial charge >= 0.3 is 0 Å². The van der Waals surface area contributed by atoms with Crippen molar-refractivity contribution in [1.29, 1.82) is 0 Å². The van der Waals surface area contributed by atoms with Gasteiger partial charge in [-0.2, -0.15) is 0 Å². The number of imidazole rings is 1. The van der Waals surface area contributed by atoms with Crippen molar-refractivity contribution < 1.29 is 5.11 Å². The maximum atomic E-state index is 10.4. The second-order valence-electron chi connectivity index (χ2n) is 7.33. The molecule has 29 heavy (non-hydrogen) atoms. The third kappa shape index (κ3) is 3.17. The maximum absolute atomic E-state index is 10.4. The molecule has 1 N–H and O–H groups in total. The molecule has 0 radical (unpaired) electrons. The van der Waals surface area contributed by atoms with Crippen molar-refractivity contribution in [1.82, 2.24) is 14.5 Å². The number of aromatic hydroxyl groups is 1. The van der Waals surface area contributed by atoms with E-state index in [1.165, 1.54) is 0 Å². The zero-order valence-electron chi connectivity index (χ0n) is 16.4. The topological polar surface area (TPSA) is 50.9 Å². The number of fused-ring (bicyclic) bond motifs is 1. The normalized spacial score (nSPS) is 13.6. The molecule has 2 aromatic heterocycles. The Morgan fingerprint density at radius 2 is 1.76 bits per heavy atom. The number of rotatable bonds is 4. The molecule has 0 saturated heterocycles. The van der Waals surface area contributed by atoms with Gasteiger partial charge in [-0.05, 0) is 48.7 Å². The SMILES string of the molecule is CCc1nc2ccc(C(C)(c3ccc(Cl)cc3)c3cncn3C)cc2c(Cl)c1O. The molecule has 148 valence electrons. The first-order valence-corrected chi connectivity index (χ1v) is 10.2. The number of halogens is 2. The lowest BCUT2D eigenvalue weighted by molar-refractivity contribution is 0.466. The van der Waals surface area contributed by atoms with Gasteiger partial charge in [0.25, 0.3) is 0 Å². The third-order valence-electron chi connectivity index (χ3n) is 5.63. The predicted octanol–water partition coefficient (Wildman–Crippen LogP) is 5.90. The summed E-state index contributed by atoms with van der Waals surface area (Å²) in [6.07, 6.45) is 4.27. The zero-order valence-corrected chi connectivity index (χ0v) is 18.0. The molecule has 1 unspecified atom stereocenters. The minimum absolute atomic E-state index is 0.0487. The monoisotopic (exact) mass is 425 g/mol. The number of aromatic nitrogens is 3. The smallest absolute Gasteiger partial charge is 0.156 e. The van der Waals surface area contributed by atoms with Crippen molar-refractivity contribution in [3.8, 4) is 5.75 Å². The molecular weight excluding hydrogens is 405 g/mol. The van der Waals surface area contributed by atoms with Crippen LogP contribution in [0.1, 0.15) is 36.4 Å². The Balaban J connectivity index is 2.01. The molecule has 2 heterocycles. The summed E-state index contributed by atoms with van der Waals surface area (Å²) in [6.45, 7) is 4.09. The lowest BCUT2D eigenvalue weighted by atomic mass is 9.73. The van der Waals surface area contributed by atoms with E-state index < -0.39 is 5.41 Å². The van der Waals surface area contributed by atoms with Gasteiger partial charge in [0.15, 0.2) is 5.75 Å². The lowest BCUT2D eigenvalue weighted by Gasteiger charge is -2.32. The van der Waals surface area contributed by atoms with Gasteiger partial charge in [0, 0.05) is 23.7 Å². The molecule has 0 spiro atoms. The number of pyridine rings is 1. The summed E-state index contributed by atoms with van der Waals surface area (Å²) in [5.74, 6) is 0.0487. The molecule has 0 amide bonds. The molecule has 6 heteroatoms. The van der Waals surface area contributed by atoms with Crippen molar-refractivity contribution in [2.75, 3.05) is 0 Å². The van der Waals surface area contributed by atoms with E-state index in [0.717, 1.165) is 27.7 Å². The highest BCUT2D eigenvalue weighted by atomic mass is 35.5. The largest absolute Gasteiger partial charge is 0.505 e. The molecule has 0 saturated carbocycles. The summed E-state index contributed by atoms with van der Waals surface area (Å²) in [5, 5.41) is 12.2. The zero-order chi connectivity index (χ0) is 20.8. The number of aryl methyl sites for hydroxylation is 2. The molecule has 4 nitrogen and oxygen atoms in total. The highest BCUT2D eigenvalue weighted by molar-refractivity contribution is 6.36. The average molecular weight is 426 g/mol. The van der Waals surface area contributed by atoms with Gasteiger partial charge in [-0.25, -0.2) is 9.97 Å². The van der Waals surface area contributed by atoms with Gasteiger partial charge in [0.05, 0.1) is 33.7 Å². The molecule has 0 aliphatic rings. The first-order chi connectivity index (χ1) is 13.9. The van der Waals surface area contributed by atoms with E-state index in [0.29, 0.717) is 22.2 Å². The van der Waals surface area contributed by atoms with Gasteiger partial charge < -0.3 is 9.67 Å². The quantitative estimate of drug-likeness (QED) is 0.442. The van der Waals surface area contributed by atoms with Crippen molar-refractivity contribution in [2.24, 2.45) is 7.05 Å². The molecule has 0 fully saturated rings. The van der Waals surface area contributed by atoms with Gasteiger partial charge in [0.1, 0.15) is 0 Å². The van der Waals surface area contributed by atoms with Crippen LogP contribution in [0.2, 0.25) is 10.0 Å². The maximum Gasteiger partial charge on any atom is 0.156 e. The van der Waals surface area contributed by atoms with Crippen molar-refractivity contribution in [3.05, 3.63) is 87.5 Å². The highest BCUT2D eigenvalue weighted by Crippen LogP contribution is 2.42. The minimum Gasteiger partial charge on any atom is -0.505 e. The summed E-state index contributed by atoms with van der Waals surface area (Å²) in [6, 6.07) is 13.9. The van der Waals surface area contributed by atoms with E-state index in [4.69, 9.17) is 23.2 Å². The fourth-order valence-corrected chi connectivity index (χ4v) is 4.29. The lowest BCUT2D eigenvalue weighted by Crippen LogP contribution is -2.28. The van der Waals surface area contributed by atoms with Crippen LogP contribution in [-0.2, 0) is 18.9 Å². The molecular formula is C23H21Cl2N3O. The first kappa shape index (κ1) is 19.7. The summed E-state index contributed by atoms with van der Waals surface area (Å²) in [7, 11) is 1.98. The van der Waals surface area contributed by atoms with Gasteiger partial charge in [-0.3, -0.25) is 0 Å². The van der Waals surface area contributed by atoms with E-state index in [-0.39, 0.29) is 5.75 Å². The van der Waals surface area contributed by atoms with Gasteiger partial charge in [0.2, 0.25) is 0 Å². The molecule has 0 aliphatic carbocycles. The van der Waals surface area contributed by atoms with Crippen LogP contribution in [0.25, 0.3) is 10.9 Å². The van der Waals surface area contributed by atoms with Crippen LogP contribution in [0.3, 0.4) is 0 Å². The van der Waals surface area contributed by atoms with Crippen LogP contribution in [-0.4, -0.2) is 19.6 Å².